The second-order valence-corrected chi connectivity index (χ2v) is 10.5. The van der Waals surface area contributed by atoms with Crippen LogP contribution in [0.4, 0.5) is 0 Å². The van der Waals surface area contributed by atoms with Gasteiger partial charge in [0.15, 0.2) is 0 Å². The fourth-order valence-corrected chi connectivity index (χ4v) is 6.95. The van der Waals surface area contributed by atoms with E-state index in [1.54, 1.807) is 12.1 Å². The summed E-state index contributed by atoms with van der Waals surface area (Å²) in [6.45, 7) is 2.53. The molecule has 1 saturated carbocycles. The molecule has 3 aromatic rings. The maximum absolute atomic E-state index is 13.7. The molecule has 0 bridgehead atoms. The van der Waals surface area contributed by atoms with Crippen LogP contribution in [0.25, 0.3) is 10.9 Å². The van der Waals surface area contributed by atoms with E-state index in [0.717, 1.165) is 30.3 Å². The van der Waals surface area contributed by atoms with Gasteiger partial charge in [-0.05, 0) is 49.4 Å². The van der Waals surface area contributed by atoms with E-state index in [4.69, 9.17) is 0 Å². The Balaban J connectivity index is 1.66. The molecular formula is C24H28N2O2S. The zero-order valence-electron chi connectivity index (χ0n) is 16.9. The predicted octanol–water partition coefficient (Wildman–Crippen LogP) is 5.34. The summed E-state index contributed by atoms with van der Waals surface area (Å²) in [5.41, 5.74) is 4.63. The van der Waals surface area contributed by atoms with E-state index in [9.17, 15) is 8.42 Å². The van der Waals surface area contributed by atoms with E-state index in [0.29, 0.717) is 17.4 Å². The number of hydrogen-bond acceptors (Lipinski definition) is 2. The fourth-order valence-electron chi connectivity index (χ4n) is 5.30. The van der Waals surface area contributed by atoms with Crippen LogP contribution in [0.5, 0.6) is 0 Å². The van der Waals surface area contributed by atoms with Crippen molar-refractivity contribution in [1.82, 2.24) is 9.29 Å². The van der Waals surface area contributed by atoms with Gasteiger partial charge in [-0.25, -0.2) is 8.42 Å². The minimum atomic E-state index is -3.55. The largest absolute Gasteiger partial charge is 0.358 e. The number of sulfonamides is 1. The van der Waals surface area contributed by atoms with Gasteiger partial charge >= 0.3 is 0 Å². The summed E-state index contributed by atoms with van der Waals surface area (Å²) in [5.74, 6) is 0.377. The van der Waals surface area contributed by atoms with Crippen molar-refractivity contribution in [3.63, 3.8) is 0 Å². The van der Waals surface area contributed by atoms with Crippen molar-refractivity contribution >= 4 is 20.9 Å². The molecule has 1 aromatic heterocycles. The predicted molar refractivity (Wildman–Crippen MR) is 116 cm³/mol. The SMILES string of the molecule is Cc1ccc(S(=O)(=O)N2CCc3[nH]c4ccccc4c3C2C2CCCCC2)cc1. The minimum absolute atomic E-state index is 0.0819. The number of nitrogens with one attached hydrogen (secondary N) is 1. The molecule has 5 heteroatoms. The van der Waals surface area contributed by atoms with E-state index in [2.05, 4.69) is 23.2 Å². The third kappa shape index (κ3) is 3.21. The van der Waals surface area contributed by atoms with Crippen molar-refractivity contribution in [3.05, 3.63) is 65.4 Å². The Kier molecular flexibility index (Phi) is 4.75. The summed E-state index contributed by atoms with van der Waals surface area (Å²) in [6, 6.07) is 15.6. The Morgan fingerprint density at radius 2 is 1.69 bits per heavy atom. The number of rotatable bonds is 3. The molecular weight excluding hydrogens is 380 g/mol. The highest BCUT2D eigenvalue weighted by atomic mass is 32.2. The first-order chi connectivity index (χ1) is 14.1. The van der Waals surface area contributed by atoms with Crippen molar-refractivity contribution < 1.29 is 8.42 Å². The van der Waals surface area contributed by atoms with Crippen LogP contribution in [-0.2, 0) is 16.4 Å². The molecule has 0 amide bonds. The number of fused-ring (bicyclic) bond motifs is 3. The Morgan fingerprint density at radius 3 is 2.45 bits per heavy atom. The van der Waals surface area contributed by atoms with Gasteiger partial charge in [-0.3, -0.25) is 0 Å². The first kappa shape index (κ1) is 18.9. The van der Waals surface area contributed by atoms with E-state index >= 15 is 0 Å². The number of para-hydroxylation sites is 1. The fraction of sp³-hybridized carbons (Fsp3) is 0.417. The standard InChI is InChI=1S/C24H28N2O2S/c1-17-11-13-19(14-12-17)29(27,28)26-16-15-22-23(20-9-5-6-10-21(20)25-22)24(26)18-7-3-2-4-8-18/h5-6,9-14,18,24-25H,2-4,7-8,15-16H2,1H3. The molecule has 29 heavy (non-hydrogen) atoms. The van der Waals surface area contributed by atoms with Gasteiger partial charge in [0.2, 0.25) is 10.0 Å². The number of aryl methyl sites for hydroxylation is 1. The van der Waals surface area contributed by atoms with E-state index in [1.807, 2.05) is 29.4 Å². The number of nitrogens with zero attached hydrogens (tertiary/aromatic N) is 1. The number of aromatic amines is 1. The van der Waals surface area contributed by atoms with Crippen LogP contribution in [0.3, 0.4) is 0 Å². The molecule has 2 aromatic carbocycles. The van der Waals surface area contributed by atoms with Crippen molar-refractivity contribution in [3.8, 4) is 0 Å². The highest BCUT2D eigenvalue weighted by molar-refractivity contribution is 7.89. The van der Waals surface area contributed by atoms with E-state index in [1.165, 1.54) is 35.9 Å². The molecule has 152 valence electrons. The molecule has 2 aliphatic rings. The summed E-state index contributed by atoms with van der Waals surface area (Å²) < 4.78 is 29.3. The topological polar surface area (TPSA) is 53.2 Å². The van der Waals surface area contributed by atoms with Gasteiger partial charge in [0.1, 0.15) is 0 Å². The highest BCUT2D eigenvalue weighted by Crippen LogP contribution is 2.46. The monoisotopic (exact) mass is 408 g/mol. The Labute approximate surface area is 173 Å². The third-order valence-electron chi connectivity index (χ3n) is 6.74. The maximum Gasteiger partial charge on any atom is 0.243 e. The van der Waals surface area contributed by atoms with Gasteiger partial charge in [-0.15, -0.1) is 0 Å². The molecule has 5 rings (SSSR count). The molecule has 4 nitrogen and oxygen atoms in total. The average Bonchev–Trinajstić information content (AvgIpc) is 3.13. The van der Waals surface area contributed by atoms with Crippen LogP contribution in [0, 0.1) is 12.8 Å². The second kappa shape index (κ2) is 7.29. The lowest BCUT2D eigenvalue weighted by Crippen LogP contribution is -2.43. The van der Waals surface area contributed by atoms with Crippen LogP contribution >= 0.6 is 0 Å². The second-order valence-electron chi connectivity index (χ2n) is 8.58. The Bertz CT molecular complexity index is 1130. The zero-order valence-corrected chi connectivity index (χ0v) is 17.7. The molecule has 1 aliphatic heterocycles. The van der Waals surface area contributed by atoms with Crippen LogP contribution < -0.4 is 0 Å². The number of benzene rings is 2. The zero-order chi connectivity index (χ0) is 20.0. The molecule has 0 spiro atoms. The van der Waals surface area contributed by atoms with Crippen molar-refractivity contribution in [2.45, 2.75) is 56.4 Å². The molecule has 1 aliphatic carbocycles. The van der Waals surface area contributed by atoms with Gasteiger partial charge in [0.05, 0.1) is 10.9 Å². The van der Waals surface area contributed by atoms with Crippen LogP contribution in [0.15, 0.2) is 53.4 Å². The van der Waals surface area contributed by atoms with Gasteiger partial charge in [-0.1, -0.05) is 55.2 Å². The van der Waals surface area contributed by atoms with E-state index < -0.39 is 10.0 Å². The molecule has 0 radical (unpaired) electrons. The lowest BCUT2D eigenvalue weighted by atomic mass is 9.79. The van der Waals surface area contributed by atoms with Crippen LogP contribution in [0.1, 0.15) is 55.0 Å². The van der Waals surface area contributed by atoms with Gasteiger partial charge in [0, 0.05) is 29.6 Å². The summed E-state index contributed by atoms with van der Waals surface area (Å²) in [7, 11) is -3.55. The smallest absolute Gasteiger partial charge is 0.243 e. The van der Waals surface area contributed by atoms with Gasteiger partial charge in [-0.2, -0.15) is 4.31 Å². The highest BCUT2D eigenvalue weighted by Gasteiger charge is 2.42. The number of H-pyrrole nitrogens is 1. The van der Waals surface area contributed by atoms with Gasteiger partial charge in [0.25, 0.3) is 0 Å². The normalized spacial score (nSPS) is 21.3. The molecule has 1 fully saturated rings. The average molecular weight is 409 g/mol. The lowest BCUT2D eigenvalue weighted by Gasteiger charge is -2.41. The first-order valence-corrected chi connectivity index (χ1v) is 12.2. The van der Waals surface area contributed by atoms with Crippen LogP contribution in [0.2, 0.25) is 0 Å². The number of aromatic nitrogens is 1. The maximum atomic E-state index is 13.7. The number of hydrogen-bond donors (Lipinski definition) is 1. The van der Waals surface area contributed by atoms with E-state index in [-0.39, 0.29) is 6.04 Å². The lowest BCUT2D eigenvalue weighted by molar-refractivity contribution is 0.184. The van der Waals surface area contributed by atoms with Gasteiger partial charge < -0.3 is 4.98 Å². The molecule has 1 atom stereocenters. The summed E-state index contributed by atoms with van der Waals surface area (Å²) >= 11 is 0. The summed E-state index contributed by atoms with van der Waals surface area (Å²) in [4.78, 5) is 3.99. The third-order valence-corrected chi connectivity index (χ3v) is 8.64. The molecule has 0 saturated heterocycles. The van der Waals surface area contributed by atoms with Crippen molar-refractivity contribution in [1.29, 1.82) is 0 Å². The molecule has 1 N–H and O–H groups in total. The summed E-state index contributed by atoms with van der Waals surface area (Å²) in [5, 5.41) is 1.18. The summed E-state index contributed by atoms with van der Waals surface area (Å²) in [6.07, 6.45) is 6.58. The Morgan fingerprint density at radius 1 is 0.966 bits per heavy atom. The first-order valence-electron chi connectivity index (χ1n) is 10.7. The minimum Gasteiger partial charge on any atom is -0.358 e. The Hall–Kier alpha value is -2.11. The van der Waals surface area contributed by atoms with Crippen LogP contribution in [-0.4, -0.2) is 24.3 Å². The van der Waals surface area contributed by atoms with Crippen molar-refractivity contribution in [2.24, 2.45) is 5.92 Å². The molecule has 1 unspecified atom stereocenters. The quantitative estimate of drug-likeness (QED) is 0.635. The molecule has 2 heterocycles. The van der Waals surface area contributed by atoms with Crippen molar-refractivity contribution in [2.75, 3.05) is 6.54 Å².